The highest BCUT2D eigenvalue weighted by molar-refractivity contribution is 9.10. The summed E-state index contributed by atoms with van der Waals surface area (Å²) in [5.74, 6) is 0.214. The second-order valence-electron chi connectivity index (χ2n) is 6.67. The van der Waals surface area contributed by atoms with Crippen molar-refractivity contribution < 1.29 is 23.1 Å². The van der Waals surface area contributed by atoms with Crippen LogP contribution in [0.15, 0.2) is 39.2 Å². The first-order chi connectivity index (χ1) is 13.4. The quantitative estimate of drug-likeness (QED) is 0.648. The van der Waals surface area contributed by atoms with Crippen LogP contribution in [0.1, 0.15) is 35.2 Å². The summed E-state index contributed by atoms with van der Waals surface area (Å²) < 4.78 is 25.2. The van der Waals surface area contributed by atoms with Crippen LogP contribution in [-0.2, 0) is 22.7 Å². The zero-order valence-electron chi connectivity index (χ0n) is 15.6. The van der Waals surface area contributed by atoms with Crippen LogP contribution < -0.4 is 0 Å². The number of esters is 1. The summed E-state index contributed by atoms with van der Waals surface area (Å²) in [5, 5.41) is 0. The Morgan fingerprint density at radius 2 is 1.93 bits per heavy atom. The Balaban J connectivity index is 1.57. The summed E-state index contributed by atoms with van der Waals surface area (Å²) in [7, 11) is 0. The molecule has 3 rings (SSSR count). The molecule has 0 unspecified atom stereocenters. The van der Waals surface area contributed by atoms with E-state index < -0.39 is 5.82 Å². The van der Waals surface area contributed by atoms with Crippen LogP contribution in [-0.4, -0.2) is 47.9 Å². The maximum absolute atomic E-state index is 14.2. The number of rotatable bonds is 5. The fourth-order valence-electron chi connectivity index (χ4n) is 3.15. The van der Waals surface area contributed by atoms with Gasteiger partial charge in [0.2, 0.25) is 0 Å². The molecule has 2 aromatic rings. The molecule has 1 aliphatic rings. The number of ether oxygens (including phenoxy) is 1. The van der Waals surface area contributed by atoms with Crippen LogP contribution in [0.4, 0.5) is 4.39 Å². The molecule has 28 heavy (non-hydrogen) atoms. The van der Waals surface area contributed by atoms with E-state index in [-0.39, 0.29) is 28.5 Å². The Labute approximate surface area is 171 Å². The van der Waals surface area contributed by atoms with Gasteiger partial charge in [-0.2, -0.15) is 0 Å². The van der Waals surface area contributed by atoms with Gasteiger partial charge in [0.15, 0.2) is 0 Å². The summed E-state index contributed by atoms with van der Waals surface area (Å²) in [6.07, 6.45) is 0.794. The average Bonchev–Trinajstić information content (AvgIpc) is 2.98. The lowest BCUT2D eigenvalue weighted by Crippen LogP contribution is -2.35. The van der Waals surface area contributed by atoms with E-state index in [1.165, 1.54) is 13.0 Å². The van der Waals surface area contributed by atoms with E-state index >= 15 is 0 Å². The van der Waals surface area contributed by atoms with Gasteiger partial charge in [0.25, 0.3) is 5.91 Å². The second kappa shape index (κ2) is 9.34. The monoisotopic (exact) mass is 452 g/mol. The first-order valence-electron chi connectivity index (χ1n) is 9.10. The standard InChI is InChI=1S/C20H22BrFN2O4/c1-14(25)27-13-16-7-6-15(28-16)12-23-8-3-9-24(11-10-23)20(26)17-4-2-5-18(21)19(17)22/h2,4-7H,3,8-13H2,1H3. The lowest BCUT2D eigenvalue weighted by Gasteiger charge is -2.22. The number of nitrogens with zero attached hydrogens (tertiary/aromatic N) is 2. The lowest BCUT2D eigenvalue weighted by atomic mass is 10.2. The van der Waals surface area contributed by atoms with Crippen molar-refractivity contribution in [1.29, 1.82) is 0 Å². The zero-order valence-corrected chi connectivity index (χ0v) is 17.2. The van der Waals surface area contributed by atoms with Crippen molar-refractivity contribution in [2.24, 2.45) is 0 Å². The summed E-state index contributed by atoms with van der Waals surface area (Å²) >= 11 is 3.13. The van der Waals surface area contributed by atoms with Gasteiger partial charge < -0.3 is 14.1 Å². The summed E-state index contributed by atoms with van der Waals surface area (Å²) in [6.45, 7) is 4.66. The molecular formula is C20H22BrFN2O4. The number of amides is 1. The van der Waals surface area contributed by atoms with E-state index in [9.17, 15) is 14.0 Å². The van der Waals surface area contributed by atoms with Crippen LogP contribution in [0.5, 0.6) is 0 Å². The van der Waals surface area contributed by atoms with Crippen molar-refractivity contribution in [2.45, 2.75) is 26.5 Å². The Morgan fingerprint density at radius 1 is 1.14 bits per heavy atom. The van der Waals surface area contributed by atoms with Crippen LogP contribution in [0.3, 0.4) is 0 Å². The summed E-state index contributed by atoms with van der Waals surface area (Å²) in [5.41, 5.74) is 0.0870. The third kappa shape index (κ3) is 5.20. The van der Waals surface area contributed by atoms with E-state index in [1.807, 2.05) is 6.07 Å². The zero-order chi connectivity index (χ0) is 20.1. The highest BCUT2D eigenvalue weighted by Gasteiger charge is 2.23. The molecule has 0 atom stereocenters. The van der Waals surface area contributed by atoms with Gasteiger partial charge in [0.1, 0.15) is 23.9 Å². The minimum atomic E-state index is -0.524. The second-order valence-corrected chi connectivity index (χ2v) is 7.53. The van der Waals surface area contributed by atoms with E-state index in [1.54, 1.807) is 23.1 Å². The highest BCUT2D eigenvalue weighted by atomic mass is 79.9. The van der Waals surface area contributed by atoms with Crippen LogP contribution in [0.25, 0.3) is 0 Å². The van der Waals surface area contributed by atoms with Crippen LogP contribution in [0.2, 0.25) is 0 Å². The molecule has 8 heteroatoms. The van der Waals surface area contributed by atoms with Crippen LogP contribution in [0, 0.1) is 5.82 Å². The van der Waals surface area contributed by atoms with Crippen molar-refractivity contribution in [3.8, 4) is 0 Å². The minimum absolute atomic E-state index is 0.0870. The molecular weight excluding hydrogens is 431 g/mol. The van der Waals surface area contributed by atoms with E-state index in [0.717, 1.165) is 18.7 Å². The predicted octanol–water partition coefficient (Wildman–Crippen LogP) is 3.59. The SMILES string of the molecule is CC(=O)OCc1ccc(CN2CCCN(C(=O)c3cccc(Br)c3F)CC2)o1. The van der Waals surface area contributed by atoms with Gasteiger partial charge >= 0.3 is 5.97 Å². The topological polar surface area (TPSA) is 63.0 Å². The van der Waals surface area contributed by atoms with Crippen molar-refractivity contribution in [2.75, 3.05) is 26.2 Å². The molecule has 1 aromatic heterocycles. The third-order valence-corrected chi connectivity index (χ3v) is 5.18. The smallest absolute Gasteiger partial charge is 0.303 e. The Morgan fingerprint density at radius 3 is 2.71 bits per heavy atom. The Bertz CT molecular complexity index is 854. The van der Waals surface area contributed by atoms with Crippen molar-refractivity contribution >= 4 is 27.8 Å². The van der Waals surface area contributed by atoms with Crippen LogP contribution >= 0.6 is 15.9 Å². The fourth-order valence-corrected chi connectivity index (χ4v) is 3.52. The number of halogens is 2. The molecule has 0 N–H and O–H groups in total. The molecule has 2 heterocycles. The lowest BCUT2D eigenvalue weighted by molar-refractivity contribution is -0.142. The Kier molecular flexibility index (Phi) is 6.85. The molecule has 0 bridgehead atoms. The van der Waals surface area contributed by atoms with Gasteiger partial charge in [-0.15, -0.1) is 0 Å². The predicted molar refractivity (Wildman–Crippen MR) is 104 cm³/mol. The maximum atomic E-state index is 14.2. The molecule has 1 saturated heterocycles. The molecule has 1 fully saturated rings. The molecule has 1 aliphatic heterocycles. The van der Waals surface area contributed by atoms with E-state index in [2.05, 4.69) is 20.8 Å². The molecule has 0 spiro atoms. The minimum Gasteiger partial charge on any atom is -0.461 e. The molecule has 1 aromatic carbocycles. The first-order valence-corrected chi connectivity index (χ1v) is 9.90. The van der Waals surface area contributed by atoms with Gasteiger partial charge in [-0.25, -0.2) is 4.39 Å². The molecule has 150 valence electrons. The van der Waals surface area contributed by atoms with E-state index in [0.29, 0.717) is 31.9 Å². The number of hydrogen-bond acceptors (Lipinski definition) is 5. The average molecular weight is 453 g/mol. The van der Waals surface area contributed by atoms with Crippen molar-refractivity contribution in [1.82, 2.24) is 9.80 Å². The normalized spacial score (nSPS) is 15.3. The fraction of sp³-hybridized carbons (Fsp3) is 0.400. The number of furan rings is 1. The highest BCUT2D eigenvalue weighted by Crippen LogP contribution is 2.21. The van der Waals surface area contributed by atoms with Crippen molar-refractivity contribution in [3.63, 3.8) is 0 Å². The molecule has 0 aliphatic carbocycles. The molecule has 6 nitrogen and oxygen atoms in total. The number of benzene rings is 1. The Hall–Kier alpha value is -2.19. The van der Waals surface area contributed by atoms with Gasteiger partial charge in [-0.1, -0.05) is 6.07 Å². The summed E-state index contributed by atoms with van der Waals surface area (Å²) in [4.78, 5) is 27.5. The number of carbonyl (C=O) groups excluding carboxylic acids is 2. The maximum Gasteiger partial charge on any atom is 0.303 e. The van der Waals surface area contributed by atoms with Gasteiger partial charge in [0.05, 0.1) is 16.6 Å². The van der Waals surface area contributed by atoms with Gasteiger partial charge in [-0.3, -0.25) is 14.5 Å². The third-order valence-electron chi connectivity index (χ3n) is 4.57. The number of carbonyl (C=O) groups is 2. The molecule has 0 saturated carbocycles. The number of hydrogen-bond donors (Lipinski definition) is 0. The van der Waals surface area contributed by atoms with E-state index in [4.69, 9.17) is 9.15 Å². The van der Waals surface area contributed by atoms with Gasteiger partial charge in [-0.05, 0) is 46.6 Å². The van der Waals surface area contributed by atoms with Gasteiger partial charge in [0, 0.05) is 33.1 Å². The first kappa shape index (κ1) is 20.5. The summed E-state index contributed by atoms with van der Waals surface area (Å²) in [6, 6.07) is 8.41. The largest absolute Gasteiger partial charge is 0.461 e. The molecule has 0 radical (unpaired) electrons. The van der Waals surface area contributed by atoms with Crippen molar-refractivity contribution in [3.05, 3.63) is 57.7 Å². The molecule has 1 amide bonds.